The molecule has 0 rings (SSSR count). The average molecular weight is 360 g/mol. The Morgan fingerprint density at radius 1 is 1.00 bits per heavy atom. The summed E-state index contributed by atoms with van der Waals surface area (Å²) in [5.41, 5.74) is -1.07. The number of thiol groups is 1. The zero-order valence-electron chi connectivity index (χ0n) is 16.2. The maximum atomic E-state index is 12.7. The maximum Gasteiger partial charge on any atom is 0.243 e. The SMILES string of the molecule is CN(C)CC(=O)NC(C(=O)NC(CS)C(=O)C(C)(C)C)C(C)(C)C. The molecule has 24 heavy (non-hydrogen) atoms. The van der Waals surface area contributed by atoms with Gasteiger partial charge in [0.05, 0.1) is 12.6 Å². The van der Waals surface area contributed by atoms with E-state index in [4.69, 9.17) is 0 Å². The molecule has 2 atom stereocenters. The summed E-state index contributed by atoms with van der Waals surface area (Å²) >= 11 is 4.19. The number of amides is 2. The Labute approximate surface area is 151 Å². The number of nitrogens with one attached hydrogen (secondary N) is 2. The van der Waals surface area contributed by atoms with Gasteiger partial charge in [0, 0.05) is 11.2 Å². The van der Waals surface area contributed by atoms with Gasteiger partial charge in [0.2, 0.25) is 11.8 Å². The summed E-state index contributed by atoms with van der Waals surface area (Å²) in [4.78, 5) is 38.9. The second-order valence-electron chi connectivity index (χ2n) is 8.46. The lowest BCUT2D eigenvalue weighted by Crippen LogP contribution is -2.58. The van der Waals surface area contributed by atoms with Gasteiger partial charge in [-0.25, -0.2) is 0 Å². The fourth-order valence-corrected chi connectivity index (χ4v) is 2.40. The van der Waals surface area contributed by atoms with Crippen molar-refractivity contribution in [3.63, 3.8) is 0 Å². The first-order chi connectivity index (χ1) is 10.7. The first-order valence-electron chi connectivity index (χ1n) is 8.09. The third-order valence-electron chi connectivity index (χ3n) is 3.45. The minimum Gasteiger partial charge on any atom is -0.344 e. The standard InChI is InChI=1S/C17H33N3O3S/c1-16(2,3)13(19-12(21)9-20(7)8)15(23)18-11(10-24)14(22)17(4,5)6/h11,13,24H,9-10H2,1-8H3,(H,18,23)(H,19,21). The number of hydrogen-bond acceptors (Lipinski definition) is 5. The third kappa shape index (κ3) is 7.66. The van der Waals surface area contributed by atoms with E-state index >= 15 is 0 Å². The summed E-state index contributed by atoms with van der Waals surface area (Å²) in [6.07, 6.45) is 0. The molecule has 0 bridgehead atoms. The van der Waals surface area contributed by atoms with E-state index in [-0.39, 0.29) is 29.9 Å². The Hall–Kier alpha value is -1.08. The van der Waals surface area contributed by atoms with E-state index in [1.54, 1.807) is 39.8 Å². The highest BCUT2D eigenvalue weighted by molar-refractivity contribution is 7.80. The fraction of sp³-hybridized carbons (Fsp3) is 0.824. The molecule has 0 fully saturated rings. The second-order valence-corrected chi connectivity index (χ2v) is 8.83. The summed E-state index contributed by atoms with van der Waals surface area (Å²) in [5, 5.41) is 5.51. The van der Waals surface area contributed by atoms with Crippen molar-refractivity contribution in [2.24, 2.45) is 10.8 Å². The monoisotopic (exact) mass is 359 g/mol. The normalized spacial score (nSPS) is 14.9. The van der Waals surface area contributed by atoms with Crippen LogP contribution in [0.3, 0.4) is 0 Å². The lowest BCUT2D eigenvalue weighted by Gasteiger charge is -2.33. The molecule has 0 aliphatic rings. The molecule has 0 saturated heterocycles. The number of likely N-dealkylation sites (N-methyl/N-ethyl adjacent to an activating group) is 1. The van der Waals surface area contributed by atoms with Crippen molar-refractivity contribution in [2.75, 3.05) is 26.4 Å². The van der Waals surface area contributed by atoms with Crippen molar-refractivity contribution in [1.82, 2.24) is 15.5 Å². The highest BCUT2D eigenvalue weighted by Gasteiger charge is 2.36. The summed E-state index contributed by atoms with van der Waals surface area (Å²) in [7, 11) is 3.56. The van der Waals surface area contributed by atoms with Crippen molar-refractivity contribution in [3.8, 4) is 0 Å². The minimum atomic E-state index is -0.736. The van der Waals surface area contributed by atoms with Gasteiger partial charge < -0.3 is 15.5 Å². The van der Waals surface area contributed by atoms with Crippen molar-refractivity contribution in [1.29, 1.82) is 0 Å². The van der Waals surface area contributed by atoms with E-state index < -0.39 is 22.9 Å². The van der Waals surface area contributed by atoms with Crippen LogP contribution >= 0.6 is 12.6 Å². The zero-order chi connectivity index (χ0) is 19.3. The molecule has 6 nitrogen and oxygen atoms in total. The Bertz CT molecular complexity index is 465. The number of rotatable bonds is 7. The molecule has 140 valence electrons. The van der Waals surface area contributed by atoms with Gasteiger partial charge >= 0.3 is 0 Å². The largest absolute Gasteiger partial charge is 0.344 e. The van der Waals surface area contributed by atoms with Gasteiger partial charge in [-0.15, -0.1) is 0 Å². The predicted molar refractivity (Wildman–Crippen MR) is 100 cm³/mol. The zero-order valence-corrected chi connectivity index (χ0v) is 17.1. The minimum absolute atomic E-state index is 0.0851. The molecule has 0 spiro atoms. The van der Waals surface area contributed by atoms with Crippen LogP contribution < -0.4 is 10.6 Å². The average Bonchev–Trinajstić information content (AvgIpc) is 2.38. The molecule has 2 unspecified atom stereocenters. The molecule has 0 saturated carbocycles. The maximum absolute atomic E-state index is 12.7. The summed E-state index contributed by atoms with van der Waals surface area (Å²) in [5.74, 6) is -0.478. The highest BCUT2D eigenvalue weighted by atomic mass is 32.1. The van der Waals surface area contributed by atoms with Gasteiger partial charge in [0.25, 0.3) is 0 Å². The Kier molecular flexibility index (Phi) is 8.45. The first-order valence-corrected chi connectivity index (χ1v) is 8.73. The van der Waals surface area contributed by atoms with Gasteiger partial charge in [-0.2, -0.15) is 12.6 Å². The number of carbonyl (C=O) groups is 3. The first kappa shape index (κ1) is 22.9. The van der Waals surface area contributed by atoms with Gasteiger partial charge in [-0.1, -0.05) is 41.5 Å². The van der Waals surface area contributed by atoms with Crippen LogP contribution in [-0.4, -0.2) is 61.0 Å². The van der Waals surface area contributed by atoms with Crippen molar-refractivity contribution in [3.05, 3.63) is 0 Å². The van der Waals surface area contributed by atoms with Crippen LogP contribution in [-0.2, 0) is 14.4 Å². The Morgan fingerprint density at radius 3 is 1.83 bits per heavy atom. The van der Waals surface area contributed by atoms with E-state index in [1.165, 1.54) is 0 Å². The van der Waals surface area contributed by atoms with E-state index in [9.17, 15) is 14.4 Å². The number of ketones is 1. The van der Waals surface area contributed by atoms with Crippen molar-refractivity contribution >= 4 is 30.2 Å². The fourth-order valence-electron chi connectivity index (χ4n) is 2.14. The summed E-state index contributed by atoms with van der Waals surface area (Å²) < 4.78 is 0. The number of hydrogen-bond donors (Lipinski definition) is 3. The molecule has 0 radical (unpaired) electrons. The molecule has 2 N–H and O–H groups in total. The van der Waals surface area contributed by atoms with Crippen LogP contribution in [0.25, 0.3) is 0 Å². The van der Waals surface area contributed by atoms with Gasteiger partial charge in [-0.3, -0.25) is 14.4 Å². The Morgan fingerprint density at radius 2 is 1.50 bits per heavy atom. The topological polar surface area (TPSA) is 78.5 Å². The number of nitrogens with zero attached hydrogens (tertiary/aromatic N) is 1. The highest BCUT2D eigenvalue weighted by Crippen LogP contribution is 2.21. The lowest BCUT2D eigenvalue weighted by atomic mass is 9.84. The predicted octanol–water partition coefficient (Wildman–Crippen LogP) is 1.11. The molecular weight excluding hydrogens is 326 g/mol. The molecular formula is C17H33N3O3S. The molecule has 2 amide bonds. The van der Waals surface area contributed by atoms with E-state index in [2.05, 4.69) is 23.3 Å². The smallest absolute Gasteiger partial charge is 0.243 e. The molecule has 0 aromatic heterocycles. The van der Waals surface area contributed by atoms with Crippen molar-refractivity contribution in [2.45, 2.75) is 53.6 Å². The number of carbonyl (C=O) groups excluding carboxylic acids is 3. The third-order valence-corrected chi connectivity index (χ3v) is 3.81. The molecule has 0 aliphatic carbocycles. The summed E-state index contributed by atoms with van der Waals surface area (Å²) in [6.45, 7) is 11.2. The van der Waals surface area contributed by atoms with Crippen molar-refractivity contribution < 1.29 is 14.4 Å². The van der Waals surface area contributed by atoms with Gasteiger partial charge in [0.1, 0.15) is 6.04 Å². The van der Waals surface area contributed by atoms with E-state index in [1.807, 2.05) is 20.8 Å². The van der Waals surface area contributed by atoms with Gasteiger partial charge in [0.15, 0.2) is 5.78 Å². The summed E-state index contributed by atoms with van der Waals surface area (Å²) in [6, 6.07) is -1.42. The molecule has 7 heteroatoms. The van der Waals surface area contributed by atoms with Crippen LogP contribution in [0.2, 0.25) is 0 Å². The number of Topliss-reactive ketones (excluding diaryl/α,β-unsaturated/α-hetero) is 1. The molecule has 0 aliphatic heterocycles. The van der Waals surface area contributed by atoms with Gasteiger partial charge in [-0.05, 0) is 19.5 Å². The molecule has 0 aromatic carbocycles. The van der Waals surface area contributed by atoms with E-state index in [0.717, 1.165) is 0 Å². The van der Waals surface area contributed by atoms with Crippen LogP contribution in [0.4, 0.5) is 0 Å². The molecule has 0 heterocycles. The Balaban J connectivity index is 5.19. The van der Waals surface area contributed by atoms with E-state index in [0.29, 0.717) is 0 Å². The van der Waals surface area contributed by atoms with Crippen LogP contribution in [0.5, 0.6) is 0 Å². The van der Waals surface area contributed by atoms with Crippen LogP contribution in [0.1, 0.15) is 41.5 Å². The quantitative estimate of drug-likeness (QED) is 0.595. The second kappa shape index (κ2) is 8.85. The lowest BCUT2D eigenvalue weighted by molar-refractivity contribution is -0.135. The molecule has 0 aromatic rings. The van der Waals surface area contributed by atoms with Crippen LogP contribution in [0.15, 0.2) is 0 Å². The van der Waals surface area contributed by atoms with Crippen LogP contribution in [0, 0.1) is 10.8 Å².